The molecular weight excluding hydrogens is 312 g/mol. The minimum atomic E-state index is -4.59. The van der Waals surface area contributed by atoms with Crippen LogP contribution in [0.5, 0.6) is 0 Å². The summed E-state index contributed by atoms with van der Waals surface area (Å²) in [4.78, 5) is 16.2. The fraction of sp³-hybridized carbons (Fsp3) is 0.250. The SMILES string of the molecule is CC(N(C)C(=O)c1ncc(-c2ccccc2)cc1F)C(F)(F)F. The van der Waals surface area contributed by atoms with Gasteiger partial charge in [-0.05, 0) is 18.6 Å². The number of rotatable bonds is 3. The van der Waals surface area contributed by atoms with E-state index in [2.05, 4.69) is 4.98 Å². The molecule has 2 aromatic rings. The van der Waals surface area contributed by atoms with Crippen molar-refractivity contribution < 1.29 is 22.4 Å². The minimum Gasteiger partial charge on any atom is -0.328 e. The number of nitrogens with zero attached hydrogens (tertiary/aromatic N) is 2. The van der Waals surface area contributed by atoms with E-state index in [4.69, 9.17) is 0 Å². The maximum atomic E-state index is 14.1. The summed E-state index contributed by atoms with van der Waals surface area (Å²) in [6.45, 7) is 0.828. The molecule has 0 aliphatic rings. The van der Waals surface area contributed by atoms with Crippen molar-refractivity contribution in [2.45, 2.75) is 19.1 Å². The fourth-order valence-electron chi connectivity index (χ4n) is 1.95. The van der Waals surface area contributed by atoms with Gasteiger partial charge in [0.1, 0.15) is 6.04 Å². The van der Waals surface area contributed by atoms with Crippen LogP contribution in [0.3, 0.4) is 0 Å². The van der Waals surface area contributed by atoms with E-state index in [-0.39, 0.29) is 0 Å². The second kappa shape index (κ2) is 6.36. The van der Waals surface area contributed by atoms with Gasteiger partial charge in [-0.1, -0.05) is 30.3 Å². The number of halogens is 4. The Bertz CT molecular complexity index is 701. The first-order chi connectivity index (χ1) is 10.7. The van der Waals surface area contributed by atoms with E-state index in [0.29, 0.717) is 16.0 Å². The maximum absolute atomic E-state index is 14.1. The van der Waals surface area contributed by atoms with E-state index < -0.39 is 29.6 Å². The van der Waals surface area contributed by atoms with Crippen molar-refractivity contribution in [3.05, 3.63) is 54.1 Å². The Kier molecular flexibility index (Phi) is 4.68. The lowest BCUT2D eigenvalue weighted by Gasteiger charge is -2.26. The molecule has 0 N–H and O–H groups in total. The number of hydrogen-bond acceptors (Lipinski definition) is 2. The van der Waals surface area contributed by atoms with Gasteiger partial charge in [0, 0.05) is 18.8 Å². The molecular formula is C16H14F4N2O. The first kappa shape index (κ1) is 16.9. The number of aromatic nitrogens is 1. The molecule has 1 aromatic carbocycles. The van der Waals surface area contributed by atoms with Crippen molar-refractivity contribution in [3.63, 3.8) is 0 Å². The van der Waals surface area contributed by atoms with Crippen molar-refractivity contribution in [3.8, 4) is 11.1 Å². The predicted molar refractivity (Wildman–Crippen MR) is 77.2 cm³/mol. The summed E-state index contributed by atoms with van der Waals surface area (Å²) in [5.41, 5.74) is 0.490. The Morgan fingerprint density at radius 3 is 2.30 bits per heavy atom. The molecule has 0 aliphatic heterocycles. The molecule has 0 spiro atoms. The highest BCUT2D eigenvalue weighted by atomic mass is 19.4. The van der Waals surface area contributed by atoms with Gasteiger partial charge in [-0.3, -0.25) is 4.79 Å². The Morgan fingerprint density at radius 2 is 1.78 bits per heavy atom. The lowest BCUT2D eigenvalue weighted by atomic mass is 10.1. The van der Waals surface area contributed by atoms with Crippen LogP contribution in [-0.2, 0) is 0 Å². The van der Waals surface area contributed by atoms with Crippen molar-refractivity contribution in [2.24, 2.45) is 0 Å². The molecule has 1 atom stereocenters. The number of pyridine rings is 1. The first-order valence-corrected chi connectivity index (χ1v) is 6.76. The summed E-state index contributed by atoms with van der Waals surface area (Å²) in [6, 6.07) is 7.81. The Balaban J connectivity index is 2.29. The summed E-state index contributed by atoms with van der Waals surface area (Å²) in [6.07, 6.45) is -3.33. The van der Waals surface area contributed by atoms with Crippen LogP contribution in [0.25, 0.3) is 11.1 Å². The third kappa shape index (κ3) is 3.67. The molecule has 1 heterocycles. The van der Waals surface area contributed by atoms with Crippen LogP contribution in [0.4, 0.5) is 17.6 Å². The Labute approximate surface area is 130 Å². The Morgan fingerprint density at radius 1 is 1.17 bits per heavy atom. The van der Waals surface area contributed by atoms with Crippen molar-refractivity contribution >= 4 is 5.91 Å². The van der Waals surface area contributed by atoms with Gasteiger partial charge in [0.05, 0.1) is 0 Å². The molecule has 0 bridgehead atoms. The molecule has 1 amide bonds. The zero-order chi connectivity index (χ0) is 17.2. The Hall–Kier alpha value is -2.44. The van der Waals surface area contributed by atoms with Gasteiger partial charge >= 0.3 is 6.18 Å². The van der Waals surface area contributed by atoms with Crippen LogP contribution >= 0.6 is 0 Å². The summed E-state index contributed by atoms with van der Waals surface area (Å²) < 4.78 is 52.1. The number of carbonyl (C=O) groups excluding carboxylic acids is 1. The molecule has 7 heteroatoms. The predicted octanol–water partition coefficient (Wildman–Crippen LogP) is 3.91. The third-order valence-electron chi connectivity index (χ3n) is 3.53. The van der Waals surface area contributed by atoms with Crippen molar-refractivity contribution in [1.29, 1.82) is 0 Å². The molecule has 0 saturated heterocycles. The van der Waals surface area contributed by atoms with Gasteiger partial charge in [0.15, 0.2) is 11.5 Å². The molecule has 0 aliphatic carbocycles. The maximum Gasteiger partial charge on any atom is 0.408 e. The highest BCUT2D eigenvalue weighted by Crippen LogP contribution is 2.25. The first-order valence-electron chi connectivity index (χ1n) is 6.76. The number of hydrogen-bond donors (Lipinski definition) is 0. The smallest absolute Gasteiger partial charge is 0.328 e. The molecule has 122 valence electrons. The van der Waals surface area contributed by atoms with E-state index in [9.17, 15) is 22.4 Å². The largest absolute Gasteiger partial charge is 0.408 e. The summed E-state index contributed by atoms with van der Waals surface area (Å²) in [7, 11) is 0.965. The highest BCUT2D eigenvalue weighted by Gasteiger charge is 2.41. The van der Waals surface area contributed by atoms with Gasteiger partial charge in [-0.25, -0.2) is 9.37 Å². The van der Waals surface area contributed by atoms with E-state index in [1.807, 2.05) is 0 Å². The summed E-state index contributed by atoms with van der Waals surface area (Å²) in [5, 5.41) is 0. The van der Waals surface area contributed by atoms with Crippen LogP contribution < -0.4 is 0 Å². The minimum absolute atomic E-state index is 0.424. The standard InChI is InChI=1S/C16H14F4N2O/c1-10(16(18,19)20)22(2)15(23)14-13(17)8-12(9-21-14)11-6-4-3-5-7-11/h3-10H,1-2H3. The second-order valence-corrected chi connectivity index (χ2v) is 5.05. The topological polar surface area (TPSA) is 33.2 Å². The molecule has 0 radical (unpaired) electrons. The van der Waals surface area contributed by atoms with Gasteiger partial charge in [0.2, 0.25) is 0 Å². The average Bonchev–Trinajstić information content (AvgIpc) is 2.52. The van der Waals surface area contributed by atoms with E-state index in [0.717, 1.165) is 20.0 Å². The second-order valence-electron chi connectivity index (χ2n) is 5.05. The highest BCUT2D eigenvalue weighted by molar-refractivity contribution is 5.93. The zero-order valence-corrected chi connectivity index (χ0v) is 12.4. The lowest BCUT2D eigenvalue weighted by molar-refractivity contribution is -0.169. The number of alkyl halides is 3. The zero-order valence-electron chi connectivity index (χ0n) is 12.4. The van der Waals surface area contributed by atoms with Crippen LogP contribution in [0.1, 0.15) is 17.4 Å². The van der Waals surface area contributed by atoms with Gasteiger partial charge < -0.3 is 4.90 Å². The van der Waals surface area contributed by atoms with Crippen LogP contribution in [-0.4, -0.2) is 35.1 Å². The van der Waals surface area contributed by atoms with Crippen LogP contribution in [0.2, 0.25) is 0 Å². The van der Waals surface area contributed by atoms with Gasteiger partial charge in [-0.2, -0.15) is 13.2 Å². The van der Waals surface area contributed by atoms with Gasteiger partial charge in [0.25, 0.3) is 5.91 Å². The summed E-state index contributed by atoms with van der Waals surface area (Å²) >= 11 is 0. The molecule has 3 nitrogen and oxygen atoms in total. The molecule has 0 fully saturated rings. The van der Waals surface area contributed by atoms with Crippen molar-refractivity contribution in [1.82, 2.24) is 9.88 Å². The monoisotopic (exact) mass is 326 g/mol. The van der Waals surface area contributed by atoms with Crippen LogP contribution in [0, 0.1) is 5.82 Å². The van der Waals surface area contributed by atoms with E-state index in [1.54, 1.807) is 30.3 Å². The fourth-order valence-corrected chi connectivity index (χ4v) is 1.95. The van der Waals surface area contributed by atoms with E-state index in [1.165, 1.54) is 6.20 Å². The number of benzene rings is 1. The molecule has 0 saturated carbocycles. The van der Waals surface area contributed by atoms with E-state index >= 15 is 0 Å². The molecule has 1 unspecified atom stereocenters. The lowest BCUT2D eigenvalue weighted by Crippen LogP contribution is -2.45. The molecule has 1 aromatic heterocycles. The summed E-state index contributed by atoms with van der Waals surface area (Å²) in [5.74, 6) is -2.08. The number of carbonyl (C=O) groups is 1. The third-order valence-corrected chi connectivity index (χ3v) is 3.53. The van der Waals surface area contributed by atoms with Crippen LogP contribution in [0.15, 0.2) is 42.6 Å². The van der Waals surface area contributed by atoms with Gasteiger partial charge in [-0.15, -0.1) is 0 Å². The normalized spacial score (nSPS) is 12.8. The number of amides is 1. The van der Waals surface area contributed by atoms with Crippen molar-refractivity contribution in [2.75, 3.05) is 7.05 Å². The molecule has 23 heavy (non-hydrogen) atoms. The quantitative estimate of drug-likeness (QED) is 0.801. The molecule has 2 rings (SSSR count). The average molecular weight is 326 g/mol.